The molecule has 1 atom stereocenters. The molecule has 11 nitrogen and oxygen atoms in total. The minimum absolute atomic E-state index is 0.0284. The number of hydrogen-bond donors (Lipinski definition) is 2. The monoisotopic (exact) mass is 1020 g/mol. The maximum absolute atomic E-state index is 15.1. The summed E-state index contributed by atoms with van der Waals surface area (Å²) in [6.45, 7) is 4.07. The summed E-state index contributed by atoms with van der Waals surface area (Å²) in [5.74, 6) is -1.48. The molecule has 1 aliphatic carbocycles. The first-order chi connectivity index (χ1) is 31.8. The zero-order valence-corrected chi connectivity index (χ0v) is 39.8. The van der Waals surface area contributed by atoms with Crippen LogP contribution >= 0.6 is 35.3 Å². The predicted molar refractivity (Wildman–Crippen MR) is 241 cm³/mol. The molecule has 3 heterocycles. The van der Waals surface area contributed by atoms with Crippen molar-refractivity contribution in [3.8, 4) is 23.0 Å². The standard InChI is InChI=1S/C42H39ClF10N8O3S2.C2H6/c1-39(2,65-4)12-10-25-6-7-26(27-8-9-29(43)32-34(27)60(21-41(48,49)50)57-37(32)61(66-5)38(64)58(3)14-15-62)33(54-25)30(18-22-16-23(44)19-24(45)17-22)55-31(63)20-59-36-28(11-13-40(36,46)47)35(56-59)42(51,52)53;1-2/h6-9,16-17,19,30,62H,11,13-15,18,20-21H2,1-5H3,(H,55,63);1-2H3. The van der Waals surface area contributed by atoms with E-state index in [0.717, 1.165) is 33.3 Å². The van der Waals surface area contributed by atoms with Crippen molar-refractivity contribution in [3.63, 3.8) is 0 Å². The molecule has 0 saturated carbocycles. The number of alkyl halides is 8. The van der Waals surface area contributed by atoms with Gasteiger partial charge in [0.2, 0.25) is 5.91 Å². The van der Waals surface area contributed by atoms with Crippen molar-refractivity contribution in [1.29, 1.82) is 0 Å². The van der Waals surface area contributed by atoms with Crippen molar-refractivity contribution in [2.75, 3.05) is 37.0 Å². The molecule has 368 valence electrons. The molecule has 3 amide bonds. The molecule has 0 aliphatic heterocycles. The number of pyridine rings is 1. The molecule has 2 N–H and O–H groups in total. The number of rotatable bonds is 13. The Labute approximate surface area is 398 Å². The van der Waals surface area contributed by atoms with Crippen LogP contribution < -0.4 is 9.62 Å². The van der Waals surface area contributed by atoms with Crippen LogP contribution in [0.3, 0.4) is 0 Å². The van der Waals surface area contributed by atoms with Gasteiger partial charge in [-0.2, -0.15) is 45.3 Å². The lowest BCUT2D eigenvalue weighted by Crippen LogP contribution is -2.39. The summed E-state index contributed by atoms with van der Waals surface area (Å²) in [6.07, 6.45) is -9.02. The first-order valence-electron chi connectivity index (χ1n) is 20.6. The van der Waals surface area contributed by atoms with Gasteiger partial charge in [0.25, 0.3) is 5.92 Å². The molecule has 5 aromatic rings. The number of nitrogens with zero attached hydrogens (tertiary/aromatic N) is 7. The number of thioether (sulfide) groups is 1. The van der Waals surface area contributed by atoms with Crippen molar-refractivity contribution in [2.45, 2.75) is 89.1 Å². The van der Waals surface area contributed by atoms with E-state index in [1.807, 2.05) is 13.8 Å². The van der Waals surface area contributed by atoms with Gasteiger partial charge in [0, 0.05) is 49.0 Å². The third kappa shape index (κ3) is 12.2. The van der Waals surface area contributed by atoms with Crippen LogP contribution in [0, 0.1) is 23.5 Å². The van der Waals surface area contributed by atoms with Gasteiger partial charge >= 0.3 is 18.4 Å². The number of carbonyl (C=O) groups excluding carboxylic acids is 2. The second-order valence-corrected chi connectivity index (χ2v) is 18.1. The number of hydrogen-bond acceptors (Lipinski definition) is 8. The van der Waals surface area contributed by atoms with E-state index >= 15 is 8.78 Å². The first kappa shape index (κ1) is 53.8. The number of urea groups is 1. The maximum Gasteiger partial charge on any atom is 0.435 e. The molecule has 0 fully saturated rings. The summed E-state index contributed by atoms with van der Waals surface area (Å²) in [4.78, 5) is 33.4. The summed E-state index contributed by atoms with van der Waals surface area (Å²) in [7, 11) is 1.34. The molecule has 2 aromatic carbocycles. The van der Waals surface area contributed by atoms with E-state index in [4.69, 9.17) is 16.6 Å². The van der Waals surface area contributed by atoms with Crippen LogP contribution in [0.2, 0.25) is 5.02 Å². The van der Waals surface area contributed by atoms with Crippen molar-refractivity contribution >= 4 is 64.0 Å². The number of aromatic nitrogens is 5. The lowest BCUT2D eigenvalue weighted by atomic mass is 9.93. The first-order valence-corrected chi connectivity index (χ1v) is 23.4. The van der Waals surface area contributed by atoms with E-state index in [1.54, 1.807) is 20.1 Å². The highest BCUT2D eigenvalue weighted by atomic mass is 35.5. The number of fused-ring (bicyclic) bond motifs is 2. The van der Waals surface area contributed by atoms with Crippen LogP contribution in [-0.2, 0) is 42.8 Å². The third-order valence-electron chi connectivity index (χ3n) is 10.4. The molecule has 68 heavy (non-hydrogen) atoms. The molecule has 0 bridgehead atoms. The van der Waals surface area contributed by atoms with E-state index in [0.29, 0.717) is 10.7 Å². The van der Waals surface area contributed by atoms with Crippen molar-refractivity contribution in [2.24, 2.45) is 0 Å². The quantitative estimate of drug-likeness (QED) is 0.0680. The fourth-order valence-electron chi connectivity index (χ4n) is 7.31. The Morgan fingerprint density at radius 1 is 0.985 bits per heavy atom. The summed E-state index contributed by atoms with van der Waals surface area (Å²) in [5.41, 5.74) is -4.20. The van der Waals surface area contributed by atoms with Gasteiger partial charge in [-0.3, -0.25) is 14.2 Å². The Balaban J connectivity index is 0.00000426. The highest BCUT2D eigenvalue weighted by Crippen LogP contribution is 2.47. The zero-order valence-electron chi connectivity index (χ0n) is 37.4. The Kier molecular flexibility index (Phi) is 16.8. The van der Waals surface area contributed by atoms with Gasteiger partial charge < -0.3 is 15.3 Å². The largest absolute Gasteiger partial charge is 0.435 e. The number of anilines is 1. The summed E-state index contributed by atoms with van der Waals surface area (Å²) < 4.78 is 146. The van der Waals surface area contributed by atoms with Gasteiger partial charge in [-0.1, -0.05) is 37.4 Å². The number of nitrogens with one attached hydrogen (secondary N) is 1. The number of carbonyl (C=O) groups is 2. The fourth-order valence-corrected chi connectivity index (χ4v) is 8.30. The van der Waals surface area contributed by atoms with Crippen LogP contribution in [0.5, 0.6) is 0 Å². The van der Waals surface area contributed by atoms with Gasteiger partial charge in [0.15, 0.2) is 11.5 Å². The molecule has 0 radical (unpaired) electrons. The average Bonchev–Trinajstić information content (AvgIpc) is 3.91. The molecule has 1 aliphatic rings. The van der Waals surface area contributed by atoms with Crippen LogP contribution in [0.4, 0.5) is 54.5 Å². The van der Waals surface area contributed by atoms with Gasteiger partial charge in [-0.25, -0.2) is 22.9 Å². The number of halogens is 11. The normalized spacial score (nSPS) is 13.9. The summed E-state index contributed by atoms with van der Waals surface area (Å²) in [6, 6.07) is 5.43. The topological polar surface area (TPSA) is 121 Å². The zero-order chi connectivity index (χ0) is 50.7. The van der Waals surface area contributed by atoms with E-state index in [9.17, 15) is 49.8 Å². The van der Waals surface area contributed by atoms with Crippen molar-refractivity contribution < 1.29 is 58.6 Å². The number of aliphatic hydroxyl groups excluding tert-OH is 1. The third-order valence-corrected chi connectivity index (χ3v) is 12.5. The number of likely N-dealkylation sites (N-methyl/N-ethyl adjacent to an activating group) is 1. The van der Waals surface area contributed by atoms with Crippen molar-refractivity contribution in [3.05, 3.63) is 93.0 Å². The lowest BCUT2D eigenvalue weighted by Gasteiger charge is -2.24. The van der Waals surface area contributed by atoms with E-state index in [-0.39, 0.29) is 61.0 Å². The van der Waals surface area contributed by atoms with Gasteiger partial charge in [0.05, 0.1) is 39.0 Å². The van der Waals surface area contributed by atoms with Crippen LogP contribution in [0.1, 0.15) is 74.1 Å². The predicted octanol–water partition coefficient (Wildman–Crippen LogP) is 10.6. The van der Waals surface area contributed by atoms with E-state index < -0.39 is 109 Å². The van der Waals surface area contributed by atoms with Crippen LogP contribution in [0.25, 0.3) is 22.0 Å². The van der Waals surface area contributed by atoms with E-state index in [1.165, 1.54) is 49.3 Å². The lowest BCUT2D eigenvalue weighted by molar-refractivity contribution is -0.142. The Bertz CT molecular complexity index is 2710. The molecule has 0 spiro atoms. The maximum atomic E-state index is 15.1. The molecule has 3 aromatic heterocycles. The highest BCUT2D eigenvalue weighted by Gasteiger charge is 2.50. The summed E-state index contributed by atoms with van der Waals surface area (Å²) >= 11 is 8.87. The molecular formula is C44H45ClF10N8O3S2. The molecule has 24 heteroatoms. The van der Waals surface area contributed by atoms with Crippen LogP contribution in [-0.4, -0.2) is 90.1 Å². The van der Waals surface area contributed by atoms with Gasteiger partial charge in [-0.05, 0) is 86.7 Å². The van der Waals surface area contributed by atoms with Crippen molar-refractivity contribution in [1.82, 2.24) is 34.8 Å². The molecule has 6 rings (SSSR count). The SMILES string of the molecule is CC.CSN(C(=O)N(C)CCO)c1nn(CC(F)(F)F)c2c(-c3ccc(C#CC(C)(C)SC)nc3C(Cc3cc(F)cc(F)c3)NC(=O)Cn3nc(C(F)(F)F)c4c3C(F)(F)CC4)ccc(Cl)c12. The van der Waals surface area contributed by atoms with Gasteiger partial charge in [-0.15, -0.1) is 11.8 Å². The number of amides is 3. The van der Waals surface area contributed by atoms with Crippen LogP contribution in [0.15, 0.2) is 42.5 Å². The molecule has 0 saturated heterocycles. The Morgan fingerprint density at radius 3 is 2.22 bits per heavy atom. The number of aliphatic hydroxyl groups is 1. The average molecular weight is 1020 g/mol. The smallest absolute Gasteiger partial charge is 0.395 e. The number of benzene rings is 2. The molecule has 1 unspecified atom stereocenters. The minimum Gasteiger partial charge on any atom is -0.395 e. The highest BCUT2D eigenvalue weighted by molar-refractivity contribution is 8.00. The molecular weight excluding hydrogens is 978 g/mol. The second-order valence-electron chi connectivity index (χ2n) is 15.6. The van der Waals surface area contributed by atoms with E-state index in [2.05, 4.69) is 27.4 Å². The minimum atomic E-state index is -5.15. The Hall–Kier alpha value is -5.18. The fraction of sp³-hybridized carbons (Fsp3) is 0.432. The van der Waals surface area contributed by atoms with Gasteiger partial charge in [0.1, 0.15) is 36.1 Å². The Morgan fingerprint density at radius 2 is 1.63 bits per heavy atom. The summed E-state index contributed by atoms with van der Waals surface area (Å²) in [5, 5.41) is 19.3. The second kappa shape index (κ2) is 21.2.